The maximum atomic E-state index is 13.2. The molecule has 5 nitrogen and oxygen atoms in total. The second-order valence-corrected chi connectivity index (χ2v) is 4.56. The molecule has 0 aromatic heterocycles. The van der Waals surface area contributed by atoms with Crippen LogP contribution in [-0.4, -0.2) is 24.7 Å². The fraction of sp³-hybridized carbons (Fsp3) is 0.455. The molecule has 1 fully saturated rings. The van der Waals surface area contributed by atoms with E-state index in [9.17, 15) is 14.5 Å². The minimum Gasteiger partial charge on any atom is -0.381 e. The Morgan fingerprint density at radius 2 is 2.39 bits per heavy atom. The third-order valence-corrected chi connectivity index (χ3v) is 3.13. The molecule has 1 aliphatic rings. The first-order valence-electron chi connectivity index (χ1n) is 5.53. The van der Waals surface area contributed by atoms with Gasteiger partial charge in [-0.3, -0.25) is 10.1 Å². The summed E-state index contributed by atoms with van der Waals surface area (Å²) >= 11 is 5.62. The van der Waals surface area contributed by atoms with Crippen molar-refractivity contribution in [3.05, 3.63) is 33.1 Å². The van der Waals surface area contributed by atoms with Gasteiger partial charge in [0.15, 0.2) is 0 Å². The van der Waals surface area contributed by atoms with Gasteiger partial charge in [0, 0.05) is 19.1 Å². The van der Waals surface area contributed by atoms with Gasteiger partial charge >= 0.3 is 0 Å². The van der Waals surface area contributed by atoms with Crippen molar-refractivity contribution in [2.45, 2.75) is 6.42 Å². The molecule has 0 aliphatic carbocycles. The van der Waals surface area contributed by atoms with Crippen molar-refractivity contribution in [2.24, 2.45) is 5.92 Å². The molecule has 18 heavy (non-hydrogen) atoms. The van der Waals surface area contributed by atoms with Crippen molar-refractivity contribution in [1.82, 2.24) is 0 Å². The lowest BCUT2D eigenvalue weighted by Gasteiger charge is -2.11. The van der Waals surface area contributed by atoms with Gasteiger partial charge in [-0.15, -0.1) is 0 Å². The Morgan fingerprint density at radius 3 is 3.00 bits per heavy atom. The fourth-order valence-corrected chi connectivity index (χ4v) is 1.99. The third-order valence-electron chi connectivity index (χ3n) is 2.84. The van der Waals surface area contributed by atoms with Crippen molar-refractivity contribution in [3.63, 3.8) is 0 Å². The molecule has 1 unspecified atom stereocenters. The van der Waals surface area contributed by atoms with Gasteiger partial charge in [-0.25, -0.2) is 4.39 Å². The number of halogens is 2. The maximum Gasteiger partial charge on any atom is 0.295 e. The van der Waals surface area contributed by atoms with Gasteiger partial charge in [-0.1, -0.05) is 11.6 Å². The number of anilines is 1. The fourth-order valence-electron chi connectivity index (χ4n) is 1.83. The van der Waals surface area contributed by atoms with E-state index in [1.54, 1.807) is 0 Å². The molecule has 0 bridgehead atoms. The van der Waals surface area contributed by atoms with E-state index in [0.29, 0.717) is 25.7 Å². The van der Waals surface area contributed by atoms with Crippen molar-refractivity contribution in [3.8, 4) is 0 Å². The summed E-state index contributed by atoms with van der Waals surface area (Å²) in [6.45, 7) is 1.89. The first-order chi connectivity index (χ1) is 8.58. The lowest BCUT2D eigenvalue weighted by atomic mass is 10.1. The molecule has 1 aromatic rings. The van der Waals surface area contributed by atoms with E-state index in [1.807, 2.05) is 0 Å². The zero-order chi connectivity index (χ0) is 13.1. The van der Waals surface area contributed by atoms with Crippen LogP contribution < -0.4 is 5.32 Å². The smallest absolute Gasteiger partial charge is 0.295 e. The van der Waals surface area contributed by atoms with Gasteiger partial charge in [0.05, 0.1) is 22.6 Å². The second-order valence-electron chi connectivity index (χ2n) is 4.15. The van der Waals surface area contributed by atoms with E-state index in [0.717, 1.165) is 12.5 Å². The van der Waals surface area contributed by atoms with Crippen LogP contribution in [0.2, 0.25) is 5.02 Å². The number of nitrogens with one attached hydrogen (secondary N) is 1. The van der Waals surface area contributed by atoms with E-state index in [-0.39, 0.29) is 16.4 Å². The van der Waals surface area contributed by atoms with Crippen molar-refractivity contribution < 1.29 is 14.1 Å². The van der Waals surface area contributed by atoms with Gasteiger partial charge in [0.1, 0.15) is 11.5 Å². The molecule has 1 aromatic carbocycles. The highest BCUT2D eigenvalue weighted by Crippen LogP contribution is 2.30. The highest BCUT2D eigenvalue weighted by molar-refractivity contribution is 6.31. The number of benzene rings is 1. The Morgan fingerprint density at radius 1 is 1.61 bits per heavy atom. The summed E-state index contributed by atoms with van der Waals surface area (Å²) in [5, 5.41) is 13.6. The summed E-state index contributed by atoms with van der Waals surface area (Å²) < 4.78 is 18.4. The van der Waals surface area contributed by atoms with Crippen LogP contribution in [0.1, 0.15) is 6.42 Å². The van der Waals surface area contributed by atoms with Gasteiger partial charge in [-0.2, -0.15) is 0 Å². The molecule has 0 radical (unpaired) electrons. The number of hydrogen-bond donors (Lipinski definition) is 1. The van der Waals surface area contributed by atoms with E-state index < -0.39 is 10.7 Å². The second kappa shape index (κ2) is 5.49. The Bertz CT molecular complexity index is 464. The number of hydrogen-bond acceptors (Lipinski definition) is 4. The first kappa shape index (κ1) is 13.0. The van der Waals surface area contributed by atoms with Crippen molar-refractivity contribution in [2.75, 3.05) is 25.1 Å². The number of rotatable bonds is 4. The Kier molecular flexibility index (Phi) is 3.98. The maximum absolute atomic E-state index is 13.2. The summed E-state index contributed by atoms with van der Waals surface area (Å²) in [4.78, 5) is 10.2. The zero-order valence-corrected chi connectivity index (χ0v) is 10.2. The van der Waals surface area contributed by atoms with Crippen molar-refractivity contribution >= 4 is 23.0 Å². The molecule has 1 saturated heterocycles. The van der Waals surface area contributed by atoms with Crippen LogP contribution in [0.4, 0.5) is 15.8 Å². The minimum atomic E-state index is -0.793. The normalized spacial score (nSPS) is 18.9. The van der Waals surface area contributed by atoms with Crippen LogP contribution >= 0.6 is 11.6 Å². The number of ether oxygens (including phenoxy) is 1. The van der Waals surface area contributed by atoms with Gasteiger partial charge < -0.3 is 10.1 Å². The van der Waals surface area contributed by atoms with Gasteiger partial charge in [-0.05, 0) is 12.5 Å². The molecule has 1 aliphatic heterocycles. The molecule has 0 spiro atoms. The number of nitro benzene ring substituents is 1. The molecule has 98 valence electrons. The van der Waals surface area contributed by atoms with Crippen LogP contribution in [0.15, 0.2) is 12.1 Å². The van der Waals surface area contributed by atoms with Gasteiger partial charge in [0.2, 0.25) is 0 Å². The standard InChI is InChI=1S/C11H12ClFN2O3/c12-8-3-10(11(15(16)17)4-9(8)13)14-5-7-1-2-18-6-7/h3-4,7,14H,1-2,5-6H2. The monoisotopic (exact) mass is 274 g/mol. The molecule has 7 heteroatoms. The summed E-state index contributed by atoms with van der Waals surface area (Å²) in [6.07, 6.45) is 0.912. The quantitative estimate of drug-likeness (QED) is 0.677. The van der Waals surface area contributed by atoms with E-state index in [4.69, 9.17) is 16.3 Å². The number of nitro groups is 1. The molecule has 0 amide bonds. The Hall–Kier alpha value is -1.40. The molecule has 0 saturated carbocycles. The molecule has 1 atom stereocenters. The van der Waals surface area contributed by atoms with Gasteiger partial charge in [0.25, 0.3) is 5.69 Å². The van der Waals surface area contributed by atoms with Crippen LogP contribution in [0, 0.1) is 21.8 Å². The van der Waals surface area contributed by atoms with E-state index in [1.165, 1.54) is 6.07 Å². The molecule has 1 N–H and O–H groups in total. The average molecular weight is 275 g/mol. The minimum absolute atomic E-state index is 0.134. The zero-order valence-electron chi connectivity index (χ0n) is 9.49. The summed E-state index contributed by atoms with van der Waals surface area (Å²) in [5.74, 6) is -0.480. The summed E-state index contributed by atoms with van der Waals surface area (Å²) in [7, 11) is 0. The van der Waals surface area contributed by atoms with E-state index >= 15 is 0 Å². The highest BCUT2D eigenvalue weighted by atomic mass is 35.5. The van der Waals surface area contributed by atoms with E-state index in [2.05, 4.69) is 5.32 Å². The predicted molar refractivity (Wildman–Crippen MR) is 65.5 cm³/mol. The molecular formula is C11H12ClFN2O3. The molecular weight excluding hydrogens is 263 g/mol. The first-order valence-corrected chi connectivity index (χ1v) is 5.91. The predicted octanol–water partition coefficient (Wildman–Crippen LogP) is 2.84. The summed E-state index contributed by atoms with van der Waals surface area (Å²) in [6, 6.07) is 2.07. The Balaban J connectivity index is 2.14. The lowest BCUT2D eigenvalue weighted by molar-refractivity contribution is -0.384. The average Bonchev–Trinajstić information content (AvgIpc) is 2.83. The van der Waals surface area contributed by atoms with Crippen LogP contribution in [0.5, 0.6) is 0 Å². The van der Waals surface area contributed by atoms with Crippen LogP contribution in [0.3, 0.4) is 0 Å². The number of nitrogens with zero attached hydrogens (tertiary/aromatic N) is 1. The SMILES string of the molecule is O=[N+]([O-])c1cc(F)c(Cl)cc1NCC1CCOC1. The Labute approximate surface area is 108 Å². The topological polar surface area (TPSA) is 64.4 Å². The van der Waals surface area contributed by atoms with Crippen molar-refractivity contribution in [1.29, 1.82) is 0 Å². The van der Waals surface area contributed by atoms with Crippen LogP contribution in [0.25, 0.3) is 0 Å². The molecule has 1 heterocycles. The largest absolute Gasteiger partial charge is 0.381 e. The lowest BCUT2D eigenvalue weighted by Crippen LogP contribution is -2.15. The molecule has 2 rings (SSSR count). The highest BCUT2D eigenvalue weighted by Gasteiger charge is 2.20. The van der Waals surface area contributed by atoms with Crippen LogP contribution in [-0.2, 0) is 4.74 Å². The third kappa shape index (κ3) is 2.88. The summed E-state index contributed by atoms with van der Waals surface area (Å²) in [5.41, 5.74) is -0.0749.